The largest absolute Gasteiger partial charge is 0.493 e. The Kier molecular flexibility index (Phi) is 8.49. The van der Waals surface area contributed by atoms with E-state index in [1.807, 2.05) is 25.1 Å². The predicted octanol–water partition coefficient (Wildman–Crippen LogP) is 5.43. The molecule has 0 unspecified atom stereocenters. The van der Waals surface area contributed by atoms with Crippen LogP contribution in [0.5, 0.6) is 11.5 Å². The van der Waals surface area contributed by atoms with Crippen LogP contribution in [0.4, 0.5) is 0 Å². The maximum atomic E-state index is 14.1. The van der Waals surface area contributed by atoms with Crippen molar-refractivity contribution < 1.29 is 28.6 Å². The van der Waals surface area contributed by atoms with E-state index in [1.165, 1.54) is 38.5 Å². The molecule has 5 fully saturated rings. The van der Waals surface area contributed by atoms with Gasteiger partial charge in [-0.05, 0) is 118 Å². The van der Waals surface area contributed by atoms with Crippen molar-refractivity contribution in [3.63, 3.8) is 0 Å². The van der Waals surface area contributed by atoms with Gasteiger partial charge in [0.1, 0.15) is 5.41 Å². The van der Waals surface area contributed by atoms with Crippen LogP contribution in [0, 0.1) is 34.5 Å². The van der Waals surface area contributed by atoms with Crippen LogP contribution in [0.25, 0.3) is 0 Å². The molecule has 0 radical (unpaired) electrons. The molecule has 2 atom stereocenters. The number of benzene rings is 1. The zero-order chi connectivity index (χ0) is 30.2. The van der Waals surface area contributed by atoms with E-state index in [2.05, 4.69) is 11.4 Å². The van der Waals surface area contributed by atoms with E-state index in [0.717, 1.165) is 41.9 Å². The van der Waals surface area contributed by atoms with Crippen LogP contribution in [-0.4, -0.2) is 56.6 Å². The number of methoxy groups -OCH3 is 2. The summed E-state index contributed by atoms with van der Waals surface area (Å²) in [6.45, 7) is 3.22. The molecule has 1 saturated heterocycles. The Hall–Kier alpha value is -3.03. The lowest BCUT2D eigenvalue weighted by atomic mass is 9.49. The molecular formula is C35H48N2O6. The highest BCUT2D eigenvalue weighted by Crippen LogP contribution is 2.59. The molecule has 43 heavy (non-hydrogen) atoms. The molecule has 0 aromatic heterocycles. The zero-order valence-electron chi connectivity index (χ0n) is 26.1. The van der Waals surface area contributed by atoms with Gasteiger partial charge in [0.25, 0.3) is 0 Å². The lowest BCUT2D eigenvalue weighted by Crippen LogP contribution is -2.55. The van der Waals surface area contributed by atoms with Gasteiger partial charge in [0, 0.05) is 31.1 Å². The molecule has 2 amide bonds. The average Bonchev–Trinajstić information content (AvgIpc) is 2.99. The van der Waals surface area contributed by atoms with Gasteiger partial charge < -0.3 is 24.4 Å². The van der Waals surface area contributed by atoms with Gasteiger partial charge >= 0.3 is 5.97 Å². The van der Waals surface area contributed by atoms with Crippen molar-refractivity contribution in [2.24, 2.45) is 34.5 Å². The Morgan fingerprint density at radius 1 is 1.00 bits per heavy atom. The second-order valence-corrected chi connectivity index (χ2v) is 14.0. The molecule has 6 aliphatic rings. The number of ether oxygens (including phenoxy) is 3. The number of esters is 1. The number of hydrogen-bond acceptors (Lipinski definition) is 6. The second-order valence-electron chi connectivity index (χ2n) is 14.0. The maximum Gasteiger partial charge on any atom is 0.318 e. The molecule has 1 aromatic rings. The van der Waals surface area contributed by atoms with Crippen molar-refractivity contribution in [3.05, 3.63) is 35.5 Å². The number of piperidine rings is 1. The normalized spacial score (nSPS) is 32.6. The van der Waals surface area contributed by atoms with Crippen molar-refractivity contribution in [2.75, 3.05) is 33.9 Å². The molecule has 4 saturated carbocycles. The first-order valence-electron chi connectivity index (χ1n) is 16.4. The van der Waals surface area contributed by atoms with Crippen LogP contribution < -0.4 is 14.8 Å². The van der Waals surface area contributed by atoms with Gasteiger partial charge in [0.15, 0.2) is 11.5 Å². The molecule has 1 heterocycles. The van der Waals surface area contributed by atoms with E-state index in [4.69, 9.17) is 14.2 Å². The minimum Gasteiger partial charge on any atom is -0.493 e. The third kappa shape index (κ3) is 5.78. The molecule has 1 N–H and O–H groups in total. The van der Waals surface area contributed by atoms with E-state index < -0.39 is 11.3 Å². The summed E-state index contributed by atoms with van der Waals surface area (Å²) in [5, 5.41) is 3.28. The Morgan fingerprint density at radius 2 is 1.70 bits per heavy atom. The molecule has 7 rings (SSSR count). The highest BCUT2D eigenvalue weighted by molar-refractivity contribution is 5.92. The van der Waals surface area contributed by atoms with Gasteiger partial charge in [0.05, 0.1) is 20.8 Å². The van der Waals surface area contributed by atoms with Crippen LogP contribution >= 0.6 is 0 Å². The summed E-state index contributed by atoms with van der Waals surface area (Å²) in [6, 6.07) is 5.77. The summed E-state index contributed by atoms with van der Waals surface area (Å²) >= 11 is 0. The van der Waals surface area contributed by atoms with Gasteiger partial charge in [-0.1, -0.05) is 12.1 Å². The van der Waals surface area contributed by atoms with Crippen molar-refractivity contribution in [3.8, 4) is 11.5 Å². The fourth-order valence-electron chi connectivity index (χ4n) is 9.70. The highest BCUT2D eigenvalue weighted by atomic mass is 16.5. The molecule has 1 aromatic carbocycles. The Morgan fingerprint density at radius 3 is 2.35 bits per heavy atom. The second kappa shape index (κ2) is 12.2. The first-order valence-corrected chi connectivity index (χ1v) is 16.4. The van der Waals surface area contributed by atoms with Gasteiger partial charge in [-0.2, -0.15) is 0 Å². The zero-order valence-corrected chi connectivity index (χ0v) is 26.1. The van der Waals surface area contributed by atoms with Crippen LogP contribution in [0.3, 0.4) is 0 Å². The number of rotatable bonds is 11. The first-order chi connectivity index (χ1) is 20.8. The number of nitrogens with zero attached hydrogens (tertiary/aromatic N) is 1. The summed E-state index contributed by atoms with van der Waals surface area (Å²) in [6.07, 6.45) is 13.1. The van der Waals surface area contributed by atoms with Gasteiger partial charge in [-0.15, -0.1) is 0 Å². The van der Waals surface area contributed by atoms with Crippen LogP contribution in [-0.2, 0) is 25.5 Å². The number of carbonyl (C=O) groups is 3. The Labute approximate surface area is 255 Å². The minimum absolute atomic E-state index is 0.0708. The van der Waals surface area contributed by atoms with Crippen molar-refractivity contribution in [2.45, 2.75) is 84.0 Å². The third-order valence-corrected chi connectivity index (χ3v) is 11.1. The fourth-order valence-corrected chi connectivity index (χ4v) is 9.70. The van der Waals surface area contributed by atoms with Gasteiger partial charge in [0.2, 0.25) is 11.8 Å². The summed E-state index contributed by atoms with van der Waals surface area (Å²) < 4.78 is 16.5. The molecular weight excluding hydrogens is 544 g/mol. The van der Waals surface area contributed by atoms with Crippen LogP contribution in [0.15, 0.2) is 30.0 Å². The molecule has 234 valence electrons. The quantitative estimate of drug-likeness (QED) is 0.344. The molecule has 1 aliphatic heterocycles. The molecule has 5 aliphatic carbocycles. The van der Waals surface area contributed by atoms with Gasteiger partial charge in [-0.3, -0.25) is 14.4 Å². The topological polar surface area (TPSA) is 94.2 Å². The SMILES string of the molecule is CCOC(=O)[C@]12CCCC=C1N(CCc1ccc(OC)c(OC)c1)C(=O)[C@H](CC(=O)NCC13CC4CC(CC(C4)C1)C3)C2. The summed E-state index contributed by atoms with van der Waals surface area (Å²) in [4.78, 5) is 43.0. The van der Waals surface area contributed by atoms with E-state index in [1.54, 1.807) is 19.1 Å². The van der Waals surface area contributed by atoms with Crippen molar-refractivity contribution in [1.82, 2.24) is 10.2 Å². The lowest BCUT2D eigenvalue weighted by Gasteiger charge is -2.57. The lowest BCUT2D eigenvalue weighted by molar-refractivity contribution is -0.162. The van der Waals surface area contributed by atoms with E-state index >= 15 is 0 Å². The Balaban J connectivity index is 1.19. The van der Waals surface area contributed by atoms with E-state index in [-0.39, 0.29) is 36.2 Å². The predicted molar refractivity (Wildman–Crippen MR) is 162 cm³/mol. The maximum absolute atomic E-state index is 14.1. The van der Waals surface area contributed by atoms with Crippen molar-refractivity contribution in [1.29, 1.82) is 0 Å². The first kappa shape index (κ1) is 30.0. The monoisotopic (exact) mass is 592 g/mol. The molecule has 8 nitrogen and oxygen atoms in total. The smallest absolute Gasteiger partial charge is 0.318 e. The number of fused-ring (bicyclic) bond motifs is 1. The summed E-state index contributed by atoms with van der Waals surface area (Å²) in [7, 11) is 3.21. The fraction of sp³-hybridized carbons (Fsp3) is 0.686. The standard InChI is InChI=1S/C35H48N2O6/c1-4-43-33(40)35-11-6-5-7-30(35)37(12-10-23-8-9-28(41-2)29(16-23)42-3)32(39)27(21-35)17-31(38)36-22-34-18-24-13-25(19-34)15-26(14-24)20-34/h7-9,16,24-27H,4-6,10-15,17-22H2,1-3H3,(H,36,38)/t24?,25?,26?,27-,34?,35+/m1/s1. The number of likely N-dealkylation sites (tertiary alicyclic amines) is 1. The number of hydrogen-bond donors (Lipinski definition) is 1. The third-order valence-electron chi connectivity index (χ3n) is 11.1. The summed E-state index contributed by atoms with van der Waals surface area (Å²) in [5.74, 6) is 2.77. The number of amides is 2. The van der Waals surface area contributed by atoms with E-state index in [9.17, 15) is 14.4 Å². The number of nitrogens with one attached hydrogen (secondary N) is 1. The Bertz CT molecular complexity index is 1240. The molecule has 0 spiro atoms. The minimum atomic E-state index is -0.898. The van der Waals surface area contributed by atoms with Gasteiger partial charge in [-0.25, -0.2) is 0 Å². The number of carbonyl (C=O) groups excluding carboxylic acids is 3. The number of allylic oxidation sites excluding steroid dienone is 1. The average molecular weight is 593 g/mol. The molecule has 4 bridgehead atoms. The van der Waals surface area contributed by atoms with E-state index in [0.29, 0.717) is 43.9 Å². The van der Waals surface area contributed by atoms with Crippen LogP contribution in [0.1, 0.15) is 83.1 Å². The van der Waals surface area contributed by atoms with Crippen molar-refractivity contribution >= 4 is 17.8 Å². The molecule has 8 heteroatoms. The summed E-state index contributed by atoms with van der Waals surface area (Å²) in [5.41, 5.74) is 1.09. The highest BCUT2D eigenvalue weighted by Gasteiger charge is 2.55. The van der Waals surface area contributed by atoms with Crippen LogP contribution in [0.2, 0.25) is 0 Å².